The molecule has 1 saturated heterocycles. The highest BCUT2D eigenvalue weighted by atomic mass is 16.5. The van der Waals surface area contributed by atoms with Crippen LogP contribution in [0.5, 0.6) is 5.75 Å². The molecule has 8 nitrogen and oxygen atoms in total. The fraction of sp³-hybridized carbons (Fsp3) is 0.357. The first-order valence-electron chi connectivity index (χ1n) is 12.4. The Morgan fingerprint density at radius 1 is 1.00 bits per heavy atom. The van der Waals surface area contributed by atoms with Gasteiger partial charge in [-0.05, 0) is 49.7 Å². The molecular formula is C28H32N6O2. The molecule has 0 atom stereocenters. The summed E-state index contributed by atoms with van der Waals surface area (Å²) in [5.41, 5.74) is 4.56. The number of carbonyl (C=O) groups excluding carboxylic acids is 1. The van der Waals surface area contributed by atoms with Gasteiger partial charge >= 0.3 is 0 Å². The lowest BCUT2D eigenvalue weighted by atomic mass is 10.1. The number of rotatable bonds is 6. The number of benzene rings is 1. The van der Waals surface area contributed by atoms with Crippen LogP contribution in [-0.4, -0.2) is 56.3 Å². The fourth-order valence-corrected chi connectivity index (χ4v) is 4.44. The third kappa shape index (κ3) is 5.03. The first-order chi connectivity index (χ1) is 17.4. The second-order valence-corrected chi connectivity index (χ2v) is 9.63. The zero-order valence-electron chi connectivity index (χ0n) is 21.3. The van der Waals surface area contributed by atoms with E-state index in [9.17, 15) is 4.79 Å². The summed E-state index contributed by atoms with van der Waals surface area (Å²) in [5.74, 6) is 2.84. The van der Waals surface area contributed by atoms with Crippen molar-refractivity contribution in [3.8, 4) is 5.75 Å². The predicted molar refractivity (Wildman–Crippen MR) is 140 cm³/mol. The maximum absolute atomic E-state index is 13.1. The molecule has 1 aliphatic rings. The lowest BCUT2D eigenvalue weighted by Crippen LogP contribution is -2.49. The van der Waals surface area contributed by atoms with Crippen LogP contribution in [0.15, 0.2) is 54.9 Å². The van der Waals surface area contributed by atoms with Crippen LogP contribution in [0.3, 0.4) is 0 Å². The number of hydrogen-bond donors (Lipinski definition) is 0. The molecule has 3 aromatic heterocycles. The van der Waals surface area contributed by atoms with Gasteiger partial charge < -0.3 is 18.9 Å². The van der Waals surface area contributed by atoms with E-state index < -0.39 is 0 Å². The van der Waals surface area contributed by atoms with Crippen molar-refractivity contribution in [2.45, 2.75) is 40.2 Å². The van der Waals surface area contributed by atoms with E-state index in [2.05, 4.69) is 28.7 Å². The molecule has 0 bridgehead atoms. The van der Waals surface area contributed by atoms with E-state index in [0.717, 1.165) is 47.3 Å². The summed E-state index contributed by atoms with van der Waals surface area (Å²) < 4.78 is 7.93. The van der Waals surface area contributed by atoms with Gasteiger partial charge in [-0.2, -0.15) is 0 Å². The number of fused-ring (bicyclic) bond motifs is 1. The van der Waals surface area contributed by atoms with Crippen LogP contribution in [0.4, 0.5) is 5.82 Å². The number of carbonyl (C=O) groups is 1. The lowest BCUT2D eigenvalue weighted by Gasteiger charge is -2.35. The molecule has 186 valence electrons. The summed E-state index contributed by atoms with van der Waals surface area (Å²) in [4.78, 5) is 31.2. The summed E-state index contributed by atoms with van der Waals surface area (Å²) in [5, 5.41) is 0. The van der Waals surface area contributed by atoms with Gasteiger partial charge in [0.05, 0.1) is 5.69 Å². The molecule has 0 spiro atoms. The van der Waals surface area contributed by atoms with Gasteiger partial charge in [0.2, 0.25) is 0 Å². The van der Waals surface area contributed by atoms with Gasteiger partial charge in [-0.15, -0.1) is 0 Å². The lowest BCUT2D eigenvalue weighted by molar-refractivity contribution is 0.0746. The van der Waals surface area contributed by atoms with Crippen LogP contribution in [0, 0.1) is 13.8 Å². The topological polar surface area (TPSA) is 75.9 Å². The first kappa shape index (κ1) is 23.8. The van der Waals surface area contributed by atoms with Crippen molar-refractivity contribution in [2.75, 3.05) is 31.1 Å². The van der Waals surface area contributed by atoms with Crippen LogP contribution in [0.2, 0.25) is 0 Å². The average molecular weight is 485 g/mol. The highest BCUT2D eigenvalue weighted by Gasteiger charge is 2.23. The molecular weight excluding hydrogens is 452 g/mol. The molecule has 0 saturated carbocycles. The quantitative estimate of drug-likeness (QED) is 0.404. The fourth-order valence-electron chi connectivity index (χ4n) is 4.44. The predicted octanol–water partition coefficient (Wildman–Crippen LogP) is 4.41. The van der Waals surface area contributed by atoms with Gasteiger partial charge in [-0.1, -0.05) is 19.9 Å². The molecule has 0 aliphatic carbocycles. The van der Waals surface area contributed by atoms with Crippen LogP contribution < -0.4 is 9.64 Å². The van der Waals surface area contributed by atoms with Crippen LogP contribution >= 0.6 is 0 Å². The number of pyridine rings is 1. The number of hydrogen-bond acceptors (Lipinski definition) is 6. The molecule has 0 N–H and O–H groups in total. The monoisotopic (exact) mass is 484 g/mol. The summed E-state index contributed by atoms with van der Waals surface area (Å²) in [6.45, 7) is 11.4. The number of piperazine rings is 1. The van der Waals surface area contributed by atoms with E-state index in [1.54, 1.807) is 0 Å². The standard InChI is InChI=1S/C28H32N6O2/c1-19(2)26-29-21(4)16-25(31-26)32-12-14-33(15-13-32)28(35)22-7-9-24(10-8-22)36-18-23-17-34-11-5-6-20(3)27(34)30-23/h5-11,16-17,19H,12-15,18H2,1-4H3. The SMILES string of the molecule is Cc1cc(N2CCN(C(=O)c3ccc(OCc4cn5cccc(C)c5n4)cc3)CC2)nc(C(C)C)n1. The van der Waals surface area contributed by atoms with Gasteiger partial charge in [0.15, 0.2) is 0 Å². The number of nitrogens with zero attached hydrogens (tertiary/aromatic N) is 6. The molecule has 1 aliphatic heterocycles. The molecule has 0 radical (unpaired) electrons. The van der Waals surface area contributed by atoms with Crippen molar-refractivity contribution in [3.05, 3.63) is 83.2 Å². The minimum Gasteiger partial charge on any atom is -0.487 e. The molecule has 4 aromatic rings. The molecule has 4 heterocycles. The Morgan fingerprint density at radius 3 is 2.44 bits per heavy atom. The summed E-state index contributed by atoms with van der Waals surface area (Å²) in [6, 6.07) is 13.4. The Labute approximate surface area is 211 Å². The maximum atomic E-state index is 13.1. The minimum absolute atomic E-state index is 0.0405. The Balaban J connectivity index is 1.17. The average Bonchev–Trinajstić information content (AvgIpc) is 3.32. The molecule has 1 amide bonds. The number of imidazole rings is 1. The zero-order valence-corrected chi connectivity index (χ0v) is 21.3. The van der Waals surface area contributed by atoms with E-state index in [1.165, 1.54) is 0 Å². The minimum atomic E-state index is 0.0405. The maximum Gasteiger partial charge on any atom is 0.253 e. The third-order valence-corrected chi connectivity index (χ3v) is 6.48. The second-order valence-electron chi connectivity index (χ2n) is 9.63. The summed E-state index contributed by atoms with van der Waals surface area (Å²) >= 11 is 0. The van der Waals surface area contributed by atoms with Gasteiger partial charge in [0.1, 0.15) is 29.6 Å². The summed E-state index contributed by atoms with van der Waals surface area (Å²) in [7, 11) is 0. The van der Waals surface area contributed by atoms with Gasteiger partial charge in [0.25, 0.3) is 5.91 Å². The van der Waals surface area contributed by atoms with Crippen LogP contribution in [0.25, 0.3) is 5.65 Å². The molecule has 1 aromatic carbocycles. The zero-order chi connectivity index (χ0) is 25.2. The van der Waals surface area contributed by atoms with E-state index in [4.69, 9.17) is 9.72 Å². The number of ether oxygens (including phenoxy) is 1. The van der Waals surface area contributed by atoms with Gasteiger partial charge in [0, 0.05) is 61.8 Å². The van der Waals surface area contributed by atoms with E-state index in [1.807, 2.05) is 78.0 Å². The molecule has 0 unspecified atom stereocenters. The van der Waals surface area contributed by atoms with Crippen molar-refractivity contribution in [3.63, 3.8) is 0 Å². The number of anilines is 1. The van der Waals surface area contributed by atoms with Crippen molar-refractivity contribution < 1.29 is 9.53 Å². The van der Waals surface area contributed by atoms with E-state index in [-0.39, 0.29) is 11.8 Å². The van der Waals surface area contributed by atoms with Crippen LogP contribution in [-0.2, 0) is 6.61 Å². The molecule has 1 fully saturated rings. The van der Waals surface area contributed by atoms with Crippen molar-refractivity contribution in [2.24, 2.45) is 0 Å². The molecule has 5 rings (SSSR count). The number of aromatic nitrogens is 4. The highest BCUT2D eigenvalue weighted by Crippen LogP contribution is 2.21. The summed E-state index contributed by atoms with van der Waals surface area (Å²) in [6.07, 6.45) is 3.96. The van der Waals surface area contributed by atoms with Crippen molar-refractivity contribution >= 4 is 17.4 Å². The second kappa shape index (κ2) is 9.97. The van der Waals surface area contributed by atoms with E-state index >= 15 is 0 Å². The first-order valence-corrected chi connectivity index (χ1v) is 12.4. The van der Waals surface area contributed by atoms with E-state index in [0.29, 0.717) is 31.0 Å². The Bertz CT molecular complexity index is 1370. The highest BCUT2D eigenvalue weighted by molar-refractivity contribution is 5.94. The number of aryl methyl sites for hydroxylation is 2. The largest absolute Gasteiger partial charge is 0.487 e. The number of amides is 1. The molecule has 36 heavy (non-hydrogen) atoms. The van der Waals surface area contributed by atoms with Crippen molar-refractivity contribution in [1.29, 1.82) is 0 Å². The van der Waals surface area contributed by atoms with Gasteiger partial charge in [-0.3, -0.25) is 4.79 Å². The normalized spacial score (nSPS) is 14.0. The van der Waals surface area contributed by atoms with Crippen LogP contribution in [0.1, 0.15) is 52.9 Å². The van der Waals surface area contributed by atoms with Gasteiger partial charge in [-0.25, -0.2) is 15.0 Å². The Kier molecular flexibility index (Phi) is 6.59. The molecule has 8 heteroatoms. The third-order valence-electron chi connectivity index (χ3n) is 6.48. The Hall–Kier alpha value is -3.94. The Morgan fingerprint density at radius 2 is 1.75 bits per heavy atom. The van der Waals surface area contributed by atoms with Crippen molar-refractivity contribution in [1.82, 2.24) is 24.3 Å². The smallest absolute Gasteiger partial charge is 0.253 e.